The molecular weight excluding hydrogens is 461 g/mol. The van der Waals surface area contributed by atoms with Crippen LogP contribution in [0.4, 0.5) is 10.5 Å². The molecule has 0 aromatic heterocycles. The zero-order chi connectivity index (χ0) is 22.3. The van der Waals surface area contributed by atoms with Crippen molar-refractivity contribution in [3.8, 4) is 11.1 Å². The number of hydrogen-bond acceptors (Lipinski definition) is 3. The van der Waals surface area contributed by atoms with E-state index in [0.717, 1.165) is 17.7 Å². The van der Waals surface area contributed by atoms with Crippen molar-refractivity contribution in [2.45, 2.75) is 44.2 Å². The van der Waals surface area contributed by atoms with E-state index in [1.165, 1.54) is 6.92 Å². The van der Waals surface area contributed by atoms with Crippen LogP contribution in [0.25, 0.3) is 11.1 Å². The van der Waals surface area contributed by atoms with Crippen molar-refractivity contribution in [1.82, 2.24) is 10.2 Å². The van der Waals surface area contributed by atoms with Gasteiger partial charge in [0.25, 0.3) is 5.91 Å². The molecule has 1 unspecified atom stereocenters. The molecule has 1 saturated carbocycles. The van der Waals surface area contributed by atoms with Crippen LogP contribution in [0.1, 0.15) is 32.6 Å². The average Bonchev–Trinajstić information content (AvgIpc) is 3.29. The maximum absolute atomic E-state index is 13.0. The fraction of sp³-hybridized carbons (Fsp3) is 0.318. The van der Waals surface area contributed by atoms with Gasteiger partial charge in [0.2, 0.25) is 5.91 Å². The highest BCUT2D eigenvalue weighted by Crippen LogP contribution is 2.39. The molecule has 4 rings (SSSR count). The fourth-order valence-electron chi connectivity index (χ4n) is 4.22. The van der Waals surface area contributed by atoms with Gasteiger partial charge in [-0.2, -0.15) is 0 Å². The number of nitrogens with zero attached hydrogens (tertiary/aromatic N) is 1. The molecule has 9 heteroatoms. The Morgan fingerprint density at radius 2 is 1.81 bits per heavy atom. The minimum absolute atomic E-state index is 0.326. The molecule has 2 aromatic rings. The van der Waals surface area contributed by atoms with Gasteiger partial charge in [-0.1, -0.05) is 59.8 Å². The zero-order valence-electron chi connectivity index (χ0n) is 16.7. The largest absolute Gasteiger partial charge is 0.325 e. The predicted octanol–water partition coefficient (Wildman–Crippen LogP) is 5.51. The van der Waals surface area contributed by atoms with Crippen LogP contribution in [0.5, 0.6) is 0 Å². The number of benzene rings is 2. The second-order valence-electron chi connectivity index (χ2n) is 7.85. The smallest absolute Gasteiger partial charge is 0.324 e. The standard InChI is InChI=1S/C22H20Cl3N3O3/c1-12(28-20(30)22(27-21(28)31)9-2-3-10-22)19(29)26-17-8-7-13(23)11-15(17)14-5-4-6-16(24)18(14)25/h4-8,11-12H,2-3,9-10H2,1H3,(H,26,29)(H,27,31). The number of urea groups is 1. The van der Waals surface area contributed by atoms with E-state index in [1.807, 2.05) is 0 Å². The van der Waals surface area contributed by atoms with E-state index >= 15 is 0 Å². The lowest BCUT2D eigenvalue weighted by molar-refractivity contribution is -0.136. The minimum Gasteiger partial charge on any atom is -0.324 e. The van der Waals surface area contributed by atoms with Crippen LogP contribution < -0.4 is 10.6 Å². The van der Waals surface area contributed by atoms with Crippen LogP contribution >= 0.6 is 34.8 Å². The predicted molar refractivity (Wildman–Crippen MR) is 122 cm³/mol. The first-order valence-corrected chi connectivity index (χ1v) is 11.1. The highest BCUT2D eigenvalue weighted by Gasteiger charge is 2.54. The van der Waals surface area contributed by atoms with Crippen molar-refractivity contribution in [3.05, 3.63) is 51.5 Å². The SMILES string of the molecule is CC(C(=O)Nc1ccc(Cl)cc1-c1cccc(Cl)c1Cl)N1C(=O)NC2(CCCC2)C1=O. The van der Waals surface area contributed by atoms with Crippen LogP contribution in [0.15, 0.2) is 36.4 Å². The van der Waals surface area contributed by atoms with E-state index in [1.54, 1.807) is 36.4 Å². The van der Waals surface area contributed by atoms with Gasteiger partial charge in [-0.15, -0.1) is 0 Å². The van der Waals surface area contributed by atoms with Gasteiger partial charge >= 0.3 is 6.03 Å². The average molecular weight is 481 g/mol. The summed E-state index contributed by atoms with van der Waals surface area (Å²) < 4.78 is 0. The van der Waals surface area contributed by atoms with Crippen molar-refractivity contribution < 1.29 is 14.4 Å². The first-order valence-electron chi connectivity index (χ1n) is 9.94. The van der Waals surface area contributed by atoms with Crippen molar-refractivity contribution in [2.24, 2.45) is 0 Å². The Kier molecular flexibility index (Phi) is 5.90. The molecule has 1 spiro atoms. The number of imide groups is 1. The van der Waals surface area contributed by atoms with E-state index in [4.69, 9.17) is 34.8 Å². The van der Waals surface area contributed by atoms with Crippen LogP contribution in [0.2, 0.25) is 15.1 Å². The van der Waals surface area contributed by atoms with Gasteiger partial charge in [0.15, 0.2) is 0 Å². The summed E-state index contributed by atoms with van der Waals surface area (Å²) in [6.45, 7) is 1.53. The molecule has 2 aliphatic rings. The van der Waals surface area contributed by atoms with Gasteiger partial charge < -0.3 is 10.6 Å². The molecule has 1 aliphatic carbocycles. The molecule has 162 valence electrons. The molecule has 2 aromatic carbocycles. The van der Waals surface area contributed by atoms with Crippen molar-refractivity contribution in [1.29, 1.82) is 0 Å². The molecule has 31 heavy (non-hydrogen) atoms. The molecule has 1 saturated heterocycles. The maximum atomic E-state index is 13.0. The molecule has 2 fully saturated rings. The van der Waals surface area contributed by atoms with E-state index in [2.05, 4.69) is 10.6 Å². The summed E-state index contributed by atoms with van der Waals surface area (Å²) in [5.74, 6) is -0.841. The van der Waals surface area contributed by atoms with Crippen LogP contribution in [0.3, 0.4) is 0 Å². The fourth-order valence-corrected chi connectivity index (χ4v) is 4.80. The molecule has 2 N–H and O–H groups in total. The normalized spacial score (nSPS) is 18.4. The summed E-state index contributed by atoms with van der Waals surface area (Å²) in [6, 6.07) is 8.58. The van der Waals surface area contributed by atoms with Gasteiger partial charge in [0, 0.05) is 21.8 Å². The molecular formula is C22H20Cl3N3O3. The number of carbonyl (C=O) groups excluding carboxylic acids is 3. The molecule has 1 aliphatic heterocycles. The summed E-state index contributed by atoms with van der Waals surface area (Å²) in [7, 11) is 0. The van der Waals surface area contributed by atoms with E-state index in [0.29, 0.717) is 44.7 Å². The van der Waals surface area contributed by atoms with E-state index in [9.17, 15) is 14.4 Å². The van der Waals surface area contributed by atoms with Gasteiger partial charge in [0.05, 0.1) is 10.0 Å². The van der Waals surface area contributed by atoms with Crippen molar-refractivity contribution >= 4 is 58.3 Å². The highest BCUT2D eigenvalue weighted by atomic mass is 35.5. The number of nitrogens with one attached hydrogen (secondary N) is 2. The van der Waals surface area contributed by atoms with Crippen LogP contribution in [-0.2, 0) is 9.59 Å². The summed E-state index contributed by atoms with van der Waals surface area (Å²) in [5.41, 5.74) is 0.739. The number of hydrogen-bond donors (Lipinski definition) is 2. The van der Waals surface area contributed by atoms with Crippen LogP contribution in [-0.4, -0.2) is 34.3 Å². The number of anilines is 1. The lowest BCUT2D eigenvalue weighted by Gasteiger charge is -2.24. The van der Waals surface area contributed by atoms with Gasteiger partial charge in [-0.05, 0) is 44.0 Å². The molecule has 0 bridgehead atoms. The highest BCUT2D eigenvalue weighted by molar-refractivity contribution is 6.44. The maximum Gasteiger partial charge on any atom is 0.325 e. The van der Waals surface area contributed by atoms with Crippen molar-refractivity contribution in [2.75, 3.05) is 5.32 Å². The molecule has 1 heterocycles. The topological polar surface area (TPSA) is 78.5 Å². The quantitative estimate of drug-likeness (QED) is 0.567. The second-order valence-corrected chi connectivity index (χ2v) is 9.07. The van der Waals surface area contributed by atoms with Gasteiger partial charge in [-0.3, -0.25) is 9.59 Å². The van der Waals surface area contributed by atoms with Crippen LogP contribution in [0, 0.1) is 0 Å². The summed E-state index contributed by atoms with van der Waals surface area (Å²) in [6.07, 6.45) is 2.93. The number of rotatable bonds is 4. The first-order chi connectivity index (χ1) is 14.7. The molecule has 1 atom stereocenters. The lowest BCUT2D eigenvalue weighted by atomic mass is 9.97. The van der Waals surface area contributed by atoms with E-state index in [-0.39, 0.29) is 5.91 Å². The van der Waals surface area contributed by atoms with Crippen molar-refractivity contribution in [3.63, 3.8) is 0 Å². The first kappa shape index (κ1) is 21.9. The Balaban J connectivity index is 1.61. The second kappa shape index (κ2) is 8.34. The van der Waals surface area contributed by atoms with Gasteiger partial charge in [0.1, 0.15) is 11.6 Å². The third-order valence-corrected chi connectivity index (χ3v) is 6.95. The summed E-state index contributed by atoms with van der Waals surface area (Å²) in [4.78, 5) is 39.5. The lowest BCUT2D eigenvalue weighted by Crippen LogP contribution is -2.48. The Morgan fingerprint density at radius 1 is 1.10 bits per heavy atom. The number of halogens is 3. The molecule has 6 nitrogen and oxygen atoms in total. The Morgan fingerprint density at radius 3 is 2.52 bits per heavy atom. The summed E-state index contributed by atoms with van der Waals surface area (Å²) >= 11 is 18.7. The minimum atomic E-state index is -0.995. The summed E-state index contributed by atoms with van der Waals surface area (Å²) in [5, 5.41) is 6.75. The van der Waals surface area contributed by atoms with E-state index < -0.39 is 23.5 Å². The number of amides is 4. The third-order valence-electron chi connectivity index (χ3n) is 5.90. The monoisotopic (exact) mass is 479 g/mol. The van der Waals surface area contributed by atoms with Gasteiger partial charge in [-0.25, -0.2) is 9.69 Å². The Hall–Kier alpha value is -2.28. The number of carbonyl (C=O) groups is 3. The molecule has 0 radical (unpaired) electrons. The zero-order valence-corrected chi connectivity index (χ0v) is 18.9. The Labute approximate surface area is 194 Å². The third kappa shape index (κ3) is 3.88. The molecule has 4 amide bonds. The Bertz CT molecular complexity index is 1080.